The first kappa shape index (κ1) is 23.5. The lowest BCUT2D eigenvalue weighted by Gasteiger charge is -2.29. The highest BCUT2D eigenvalue weighted by Gasteiger charge is 2.26. The minimum Gasteiger partial charge on any atom is -0.300 e. The molecule has 0 unspecified atom stereocenters. The van der Waals surface area contributed by atoms with Gasteiger partial charge in [0.2, 0.25) is 0 Å². The van der Waals surface area contributed by atoms with Crippen LogP contribution in [0, 0.1) is 11.8 Å². The van der Waals surface area contributed by atoms with Gasteiger partial charge in [0.15, 0.2) is 0 Å². The van der Waals surface area contributed by atoms with Crippen LogP contribution in [-0.4, -0.2) is 11.6 Å². The Labute approximate surface area is 181 Å². The van der Waals surface area contributed by atoms with E-state index in [1.807, 2.05) is 48.6 Å². The van der Waals surface area contributed by atoms with E-state index in [4.69, 9.17) is 0 Å². The molecule has 0 aliphatic rings. The van der Waals surface area contributed by atoms with Gasteiger partial charge in [0, 0.05) is 12.8 Å². The van der Waals surface area contributed by atoms with E-state index < -0.39 is 0 Å². The Morgan fingerprint density at radius 3 is 1.30 bits per heavy atom. The fourth-order valence-corrected chi connectivity index (χ4v) is 4.40. The monoisotopic (exact) mass is 402 g/mol. The zero-order chi connectivity index (χ0) is 21.9. The zero-order valence-electron chi connectivity index (χ0n) is 18.3. The van der Waals surface area contributed by atoms with E-state index in [-0.39, 0.29) is 35.2 Å². The van der Waals surface area contributed by atoms with Gasteiger partial charge in [0.25, 0.3) is 0 Å². The maximum Gasteiger partial charge on any atom is 0.130 e. The Morgan fingerprint density at radius 2 is 1.03 bits per heavy atom. The van der Waals surface area contributed by atoms with Crippen LogP contribution in [0.5, 0.6) is 0 Å². The molecule has 0 N–H and O–H groups in total. The van der Waals surface area contributed by atoms with Gasteiger partial charge in [-0.2, -0.15) is 0 Å². The van der Waals surface area contributed by atoms with Crippen LogP contribution in [0.25, 0.3) is 0 Å². The van der Waals surface area contributed by atoms with Gasteiger partial charge in [-0.25, -0.2) is 0 Å². The molecule has 0 aliphatic heterocycles. The molecule has 0 spiro atoms. The van der Waals surface area contributed by atoms with E-state index in [0.717, 1.165) is 12.8 Å². The average molecular weight is 403 g/mol. The SMILES string of the molecule is C=C[C@H](CC[C@H](C=C)[C@H](CC(C)=O)c1ccccc1)[C@@H](CC(C)=O)c1ccccc1. The summed E-state index contributed by atoms with van der Waals surface area (Å²) in [6.07, 6.45) is 6.79. The molecule has 30 heavy (non-hydrogen) atoms. The Bertz CT molecular complexity index is 751. The van der Waals surface area contributed by atoms with Crippen molar-refractivity contribution >= 4 is 11.6 Å². The number of hydrogen-bond donors (Lipinski definition) is 0. The van der Waals surface area contributed by atoms with Gasteiger partial charge in [-0.1, -0.05) is 72.8 Å². The molecule has 2 aromatic rings. The van der Waals surface area contributed by atoms with Crippen molar-refractivity contribution in [2.75, 3.05) is 0 Å². The molecule has 0 aliphatic carbocycles. The summed E-state index contributed by atoms with van der Waals surface area (Å²) >= 11 is 0. The van der Waals surface area contributed by atoms with Crippen LogP contribution in [0.4, 0.5) is 0 Å². The highest BCUT2D eigenvalue weighted by atomic mass is 16.1. The van der Waals surface area contributed by atoms with Crippen molar-refractivity contribution in [1.29, 1.82) is 0 Å². The fraction of sp³-hybridized carbons (Fsp3) is 0.357. The molecule has 0 radical (unpaired) electrons. The maximum atomic E-state index is 12.0. The van der Waals surface area contributed by atoms with E-state index >= 15 is 0 Å². The molecule has 158 valence electrons. The van der Waals surface area contributed by atoms with Crippen molar-refractivity contribution in [1.82, 2.24) is 0 Å². The summed E-state index contributed by atoms with van der Waals surface area (Å²) in [5.74, 6) is 0.994. The van der Waals surface area contributed by atoms with Crippen LogP contribution >= 0.6 is 0 Å². The van der Waals surface area contributed by atoms with E-state index in [0.29, 0.717) is 12.8 Å². The molecule has 2 rings (SSSR count). The molecule has 2 nitrogen and oxygen atoms in total. The van der Waals surface area contributed by atoms with Crippen LogP contribution < -0.4 is 0 Å². The standard InChI is InChI=1S/C28H34O2/c1-5-23(27(19-21(3)29)25-13-9-7-10-14-25)17-18-24(6-2)28(20-22(4)30)26-15-11-8-12-16-26/h5-16,23-24,27-28H,1-2,17-20H2,3-4H3/t23-,24+,27-,28+. The number of benzene rings is 2. The van der Waals surface area contributed by atoms with Gasteiger partial charge < -0.3 is 9.59 Å². The molecule has 0 aromatic heterocycles. The number of rotatable bonds is 13. The normalized spacial score (nSPS) is 14.9. The minimum atomic E-state index is 0.120. The van der Waals surface area contributed by atoms with Gasteiger partial charge in [-0.15, -0.1) is 13.2 Å². The van der Waals surface area contributed by atoms with Crippen molar-refractivity contribution in [3.05, 3.63) is 97.1 Å². The van der Waals surface area contributed by atoms with Crippen LogP contribution in [0.15, 0.2) is 86.0 Å². The number of carbonyl (C=O) groups is 2. The molecule has 0 bridgehead atoms. The smallest absolute Gasteiger partial charge is 0.130 e. The van der Waals surface area contributed by atoms with Crippen molar-refractivity contribution in [3.8, 4) is 0 Å². The van der Waals surface area contributed by atoms with E-state index in [2.05, 4.69) is 37.4 Å². The minimum absolute atomic E-state index is 0.120. The second-order valence-corrected chi connectivity index (χ2v) is 8.22. The van der Waals surface area contributed by atoms with E-state index in [1.165, 1.54) is 11.1 Å². The van der Waals surface area contributed by atoms with Gasteiger partial charge in [0.05, 0.1) is 0 Å². The molecule has 0 saturated carbocycles. The molecule has 0 heterocycles. The van der Waals surface area contributed by atoms with Crippen molar-refractivity contribution in [3.63, 3.8) is 0 Å². The molecule has 0 amide bonds. The van der Waals surface area contributed by atoms with Crippen molar-refractivity contribution in [2.24, 2.45) is 11.8 Å². The van der Waals surface area contributed by atoms with Gasteiger partial charge in [0.1, 0.15) is 11.6 Å². The number of Topliss-reactive ketones (excluding diaryl/α,β-unsaturated/α-hetero) is 2. The molecular formula is C28H34O2. The third-order valence-electron chi connectivity index (χ3n) is 5.94. The third-order valence-corrected chi connectivity index (χ3v) is 5.94. The lowest BCUT2D eigenvalue weighted by atomic mass is 9.75. The van der Waals surface area contributed by atoms with E-state index in [1.54, 1.807) is 13.8 Å². The quantitative estimate of drug-likeness (QED) is 0.342. The highest BCUT2D eigenvalue weighted by Crippen LogP contribution is 2.37. The number of allylic oxidation sites excluding steroid dienone is 2. The third kappa shape index (κ3) is 6.95. The second-order valence-electron chi connectivity index (χ2n) is 8.22. The molecule has 0 saturated heterocycles. The first-order valence-corrected chi connectivity index (χ1v) is 10.8. The van der Waals surface area contributed by atoms with Crippen LogP contribution in [-0.2, 0) is 9.59 Å². The van der Waals surface area contributed by atoms with Crippen LogP contribution in [0.2, 0.25) is 0 Å². The molecule has 0 fully saturated rings. The molecule has 4 atom stereocenters. The van der Waals surface area contributed by atoms with Crippen LogP contribution in [0.3, 0.4) is 0 Å². The molecular weight excluding hydrogens is 368 g/mol. The predicted molar refractivity (Wildman–Crippen MR) is 126 cm³/mol. The van der Waals surface area contributed by atoms with Gasteiger partial charge >= 0.3 is 0 Å². The lowest BCUT2D eigenvalue weighted by Crippen LogP contribution is -2.18. The van der Waals surface area contributed by atoms with Gasteiger partial charge in [-0.3, -0.25) is 0 Å². The first-order valence-electron chi connectivity index (χ1n) is 10.8. The summed E-state index contributed by atoms with van der Waals surface area (Å²) in [7, 11) is 0. The Hall–Kier alpha value is -2.74. The Morgan fingerprint density at radius 1 is 0.700 bits per heavy atom. The summed E-state index contributed by atoms with van der Waals surface area (Å²) in [6, 6.07) is 20.5. The maximum absolute atomic E-state index is 12.0. The largest absolute Gasteiger partial charge is 0.300 e. The number of hydrogen-bond acceptors (Lipinski definition) is 2. The average Bonchev–Trinajstić information content (AvgIpc) is 2.75. The topological polar surface area (TPSA) is 34.1 Å². The molecule has 2 heteroatoms. The van der Waals surface area contributed by atoms with E-state index in [9.17, 15) is 9.59 Å². The molecule has 2 aromatic carbocycles. The van der Waals surface area contributed by atoms with Gasteiger partial charge in [-0.05, 0) is 61.5 Å². The summed E-state index contributed by atoms with van der Waals surface area (Å²) < 4.78 is 0. The number of carbonyl (C=O) groups excluding carboxylic acids is 2. The zero-order valence-corrected chi connectivity index (χ0v) is 18.3. The first-order chi connectivity index (χ1) is 14.5. The summed E-state index contributed by atoms with van der Waals surface area (Å²) in [5.41, 5.74) is 2.35. The highest BCUT2D eigenvalue weighted by molar-refractivity contribution is 5.77. The summed E-state index contributed by atoms with van der Waals surface area (Å²) in [5, 5.41) is 0. The Kier molecular flexibility index (Phi) is 9.47. The summed E-state index contributed by atoms with van der Waals surface area (Å²) in [6.45, 7) is 11.5. The number of ketones is 2. The Balaban J connectivity index is 2.21. The van der Waals surface area contributed by atoms with Crippen LogP contribution in [0.1, 0.15) is 62.5 Å². The fourth-order valence-electron chi connectivity index (χ4n) is 4.40. The second kappa shape index (κ2) is 12.1. The summed E-state index contributed by atoms with van der Waals surface area (Å²) in [4.78, 5) is 23.9. The predicted octanol–water partition coefficient (Wildman–Crippen LogP) is 6.90. The van der Waals surface area contributed by atoms with Crippen molar-refractivity contribution < 1.29 is 9.59 Å². The van der Waals surface area contributed by atoms with Crippen molar-refractivity contribution in [2.45, 2.75) is 51.4 Å². The lowest BCUT2D eigenvalue weighted by molar-refractivity contribution is -0.118.